The lowest BCUT2D eigenvalue weighted by molar-refractivity contribution is -0.134. The lowest BCUT2D eigenvalue weighted by Crippen LogP contribution is -2.14. The molecule has 92 valence electrons. The van der Waals surface area contributed by atoms with E-state index >= 15 is 0 Å². The van der Waals surface area contributed by atoms with Crippen molar-refractivity contribution < 1.29 is 14.7 Å². The van der Waals surface area contributed by atoms with E-state index in [1.165, 1.54) is 11.3 Å². The number of carboxylic acids is 1. The normalized spacial score (nSPS) is 10.0. The van der Waals surface area contributed by atoms with Crippen molar-refractivity contribution in [1.29, 1.82) is 0 Å². The predicted octanol–water partition coefficient (Wildman–Crippen LogP) is 2.48. The molecule has 0 atom stereocenters. The van der Waals surface area contributed by atoms with Crippen LogP contribution >= 0.6 is 11.3 Å². The number of carbonyl (C=O) groups excluding carboxylic acids is 1. The van der Waals surface area contributed by atoms with Crippen LogP contribution in [0.25, 0.3) is 0 Å². The Labute approximate surface area is 108 Å². The van der Waals surface area contributed by atoms with Crippen molar-refractivity contribution in [3.8, 4) is 0 Å². The van der Waals surface area contributed by atoms with Crippen LogP contribution in [0.15, 0.2) is 41.8 Å². The second kappa shape index (κ2) is 5.46. The topological polar surface area (TPSA) is 66.4 Å². The fourth-order valence-corrected chi connectivity index (χ4v) is 2.22. The molecule has 0 fully saturated rings. The number of para-hydroxylation sites is 1. The highest BCUT2D eigenvalue weighted by atomic mass is 32.1. The summed E-state index contributed by atoms with van der Waals surface area (Å²) in [5.41, 5.74) is 1.03. The first-order chi connectivity index (χ1) is 8.68. The number of hydrogen-bond donors (Lipinski definition) is 2. The fraction of sp³-hybridized carbons (Fsp3) is 0.0769. The van der Waals surface area contributed by atoms with Gasteiger partial charge in [-0.05, 0) is 23.6 Å². The Hall–Kier alpha value is -2.14. The molecule has 0 amide bonds. The summed E-state index contributed by atoms with van der Waals surface area (Å²) in [6, 6.07) is 10.5. The third-order valence-corrected chi connectivity index (χ3v) is 3.22. The highest BCUT2D eigenvalue weighted by Gasteiger charge is 2.14. The van der Waals surface area contributed by atoms with Gasteiger partial charge in [0.1, 0.15) is 6.54 Å². The summed E-state index contributed by atoms with van der Waals surface area (Å²) < 4.78 is 0. The SMILES string of the molecule is O=C(O)CNc1ccccc1C(=O)c1cccs1. The van der Waals surface area contributed by atoms with Crippen LogP contribution in [0.4, 0.5) is 5.69 Å². The number of hydrogen-bond acceptors (Lipinski definition) is 4. The molecule has 4 nitrogen and oxygen atoms in total. The van der Waals surface area contributed by atoms with Gasteiger partial charge in [0.25, 0.3) is 0 Å². The van der Waals surface area contributed by atoms with Crippen molar-refractivity contribution in [2.45, 2.75) is 0 Å². The Bertz CT molecular complexity index is 563. The zero-order chi connectivity index (χ0) is 13.0. The van der Waals surface area contributed by atoms with Gasteiger partial charge in [-0.1, -0.05) is 18.2 Å². The Morgan fingerprint density at radius 2 is 1.94 bits per heavy atom. The average molecular weight is 261 g/mol. The minimum absolute atomic E-state index is 0.0986. The van der Waals surface area contributed by atoms with Gasteiger partial charge in [-0.15, -0.1) is 11.3 Å². The number of carboxylic acid groups (broad SMARTS) is 1. The van der Waals surface area contributed by atoms with Crippen LogP contribution in [-0.4, -0.2) is 23.4 Å². The number of carbonyl (C=O) groups is 2. The van der Waals surface area contributed by atoms with E-state index in [2.05, 4.69) is 5.32 Å². The second-order valence-corrected chi connectivity index (χ2v) is 4.55. The van der Waals surface area contributed by atoms with E-state index in [-0.39, 0.29) is 12.3 Å². The predicted molar refractivity (Wildman–Crippen MR) is 70.3 cm³/mol. The van der Waals surface area contributed by atoms with Crippen molar-refractivity contribution in [2.24, 2.45) is 0 Å². The van der Waals surface area contributed by atoms with Gasteiger partial charge in [-0.3, -0.25) is 9.59 Å². The lowest BCUT2D eigenvalue weighted by Gasteiger charge is -2.08. The largest absolute Gasteiger partial charge is 0.480 e. The van der Waals surface area contributed by atoms with Crippen molar-refractivity contribution in [2.75, 3.05) is 11.9 Å². The van der Waals surface area contributed by atoms with Crippen LogP contribution in [0.3, 0.4) is 0 Å². The first-order valence-electron chi connectivity index (χ1n) is 5.31. The number of aliphatic carboxylic acids is 1. The molecular formula is C13H11NO3S. The summed E-state index contributed by atoms with van der Waals surface area (Å²) in [6.45, 7) is -0.214. The smallest absolute Gasteiger partial charge is 0.322 e. The number of benzene rings is 1. The van der Waals surface area contributed by atoms with Crippen LogP contribution in [0.5, 0.6) is 0 Å². The van der Waals surface area contributed by atoms with Crippen LogP contribution in [0.2, 0.25) is 0 Å². The van der Waals surface area contributed by atoms with Crippen LogP contribution in [0.1, 0.15) is 15.2 Å². The third kappa shape index (κ3) is 2.75. The van der Waals surface area contributed by atoms with Gasteiger partial charge < -0.3 is 10.4 Å². The summed E-state index contributed by atoms with van der Waals surface area (Å²) in [5.74, 6) is -1.06. The zero-order valence-electron chi connectivity index (χ0n) is 9.42. The summed E-state index contributed by atoms with van der Waals surface area (Å²) in [7, 11) is 0. The Morgan fingerprint density at radius 3 is 2.61 bits per heavy atom. The van der Waals surface area contributed by atoms with Gasteiger partial charge in [0, 0.05) is 11.3 Å². The number of thiophene rings is 1. The van der Waals surface area contributed by atoms with Gasteiger partial charge in [0.15, 0.2) is 0 Å². The standard InChI is InChI=1S/C13H11NO3S/c15-12(16)8-14-10-5-2-1-4-9(10)13(17)11-6-3-7-18-11/h1-7,14H,8H2,(H,15,16). The maximum absolute atomic E-state index is 12.2. The molecule has 0 saturated carbocycles. The number of ketones is 1. The van der Waals surface area contributed by atoms with E-state index in [1.54, 1.807) is 30.3 Å². The van der Waals surface area contributed by atoms with Crippen LogP contribution in [0, 0.1) is 0 Å². The van der Waals surface area contributed by atoms with Crippen molar-refractivity contribution in [3.05, 3.63) is 52.2 Å². The van der Waals surface area contributed by atoms with E-state index in [1.807, 2.05) is 11.4 Å². The molecule has 0 radical (unpaired) electrons. The van der Waals surface area contributed by atoms with Gasteiger partial charge in [-0.2, -0.15) is 0 Å². The second-order valence-electron chi connectivity index (χ2n) is 3.60. The molecule has 2 N–H and O–H groups in total. The third-order valence-electron chi connectivity index (χ3n) is 2.35. The van der Waals surface area contributed by atoms with E-state index in [4.69, 9.17) is 5.11 Å². The monoisotopic (exact) mass is 261 g/mol. The van der Waals surface area contributed by atoms with Crippen LogP contribution in [-0.2, 0) is 4.79 Å². The van der Waals surface area contributed by atoms with Crippen molar-refractivity contribution in [1.82, 2.24) is 0 Å². The molecule has 5 heteroatoms. The lowest BCUT2D eigenvalue weighted by atomic mass is 10.1. The molecule has 0 aliphatic heterocycles. The number of anilines is 1. The van der Waals surface area contributed by atoms with Gasteiger partial charge in [0.2, 0.25) is 5.78 Å². The molecule has 1 aromatic carbocycles. The number of rotatable bonds is 5. The van der Waals surface area contributed by atoms with Crippen molar-refractivity contribution in [3.63, 3.8) is 0 Å². The Morgan fingerprint density at radius 1 is 1.17 bits per heavy atom. The highest BCUT2D eigenvalue weighted by molar-refractivity contribution is 7.12. The molecule has 0 aliphatic carbocycles. The summed E-state index contributed by atoms with van der Waals surface area (Å²) in [6.07, 6.45) is 0. The molecule has 2 aromatic rings. The molecule has 0 unspecified atom stereocenters. The molecular weight excluding hydrogens is 250 g/mol. The van der Waals surface area contributed by atoms with Crippen molar-refractivity contribution >= 4 is 28.8 Å². The van der Waals surface area contributed by atoms with E-state index in [9.17, 15) is 9.59 Å². The van der Waals surface area contributed by atoms with E-state index < -0.39 is 5.97 Å². The molecule has 2 rings (SSSR count). The fourth-order valence-electron chi connectivity index (χ4n) is 1.55. The molecule has 0 saturated heterocycles. The van der Waals surface area contributed by atoms with E-state index in [0.29, 0.717) is 16.1 Å². The molecule has 0 bridgehead atoms. The van der Waals surface area contributed by atoms with E-state index in [0.717, 1.165) is 0 Å². The molecule has 1 heterocycles. The number of nitrogens with one attached hydrogen (secondary N) is 1. The molecule has 0 aliphatic rings. The first kappa shape index (κ1) is 12.3. The van der Waals surface area contributed by atoms with Gasteiger partial charge in [-0.25, -0.2) is 0 Å². The minimum Gasteiger partial charge on any atom is -0.480 e. The summed E-state index contributed by atoms with van der Waals surface area (Å²) >= 11 is 1.37. The maximum atomic E-state index is 12.2. The molecule has 18 heavy (non-hydrogen) atoms. The summed E-state index contributed by atoms with van der Waals surface area (Å²) in [5, 5.41) is 13.2. The Balaban J connectivity index is 2.27. The minimum atomic E-state index is -0.964. The quantitative estimate of drug-likeness (QED) is 0.811. The molecule has 1 aromatic heterocycles. The average Bonchev–Trinajstić information content (AvgIpc) is 2.89. The molecule has 0 spiro atoms. The summed E-state index contributed by atoms with van der Waals surface area (Å²) in [4.78, 5) is 23.4. The maximum Gasteiger partial charge on any atom is 0.322 e. The van der Waals surface area contributed by atoms with Gasteiger partial charge >= 0.3 is 5.97 Å². The highest BCUT2D eigenvalue weighted by Crippen LogP contribution is 2.21. The zero-order valence-corrected chi connectivity index (χ0v) is 10.2. The first-order valence-corrected chi connectivity index (χ1v) is 6.19. The van der Waals surface area contributed by atoms with Crippen LogP contribution < -0.4 is 5.32 Å². The van der Waals surface area contributed by atoms with Gasteiger partial charge in [0.05, 0.1) is 4.88 Å². The Kier molecular flexibility index (Phi) is 3.74.